The zero-order valence-electron chi connectivity index (χ0n) is 32.3. The van der Waals surface area contributed by atoms with Crippen LogP contribution in [0.3, 0.4) is 0 Å². The molecule has 8 aliphatic rings. The molecule has 9 heteroatoms. The first-order valence-electron chi connectivity index (χ1n) is 20.4. The van der Waals surface area contributed by atoms with Crippen LogP contribution in [-0.4, -0.2) is 113 Å². The molecule has 8 fully saturated rings. The maximum atomic E-state index is 13.5. The Labute approximate surface area is 301 Å². The molecule has 3 heterocycles. The van der Waals surface area contributed by atoms with Crippen LogP contribution in [0.25, 0.3) is 0 Å². The van der Waals surface area contributed by atoms with Crippen molar-refractivity contribution in [3.8, 4) is 0 Å². The van der Waals surface area contributed by atoms with Crippen molar-refractivity contribution in [3.05, 3.63) is 0 Å². The molecule has 0 radical (unpaired) electrons. The van der Waals surface area contributed by atoms with Crippen LogP contribution in [0.2, 0.25) is 0 Å². The topological polar surface area (TPSA) is 112 Å². The van der Waals surface area contributed by atoms with Gasteiger partial charge in [-0.05, 0) is 144 Å². The molecule has 0 aromatic rings. The number of carbonyl (C=O) groups excluding carboxylic acids is 1. The molecule has 2 spiro atoms. The zero-order valence-corrected chi connectivity index (χ0v) is 32.3. The van der Waals surface area contributed by atoms with Crippen LogP contribution in [0.1, 0.15) is 113 Å². The Morgan fingerprint density at radius 3 is 2.34 bits per heavy atom. The number of carbonyl (C=O) groups is 1. The third-order valence-electron chi connectivity index (χ3n) is 17.6. The van der Waals surface area contributed by atoms with Crippen LogP contribution in [0, 0.1) is 56.7 Å². The summed E-state index contributed by atoms with van der Waals surface area (Å²) in [6, 6.07) is 0. The summed E-state index contributed by atoms with van der Waals surface area (Å²) >= 11 is 0. The Balaban J connectivity index is 0.982. The Morgan fingerprint density at radius 1 is 0.960 bits per heavy atom. The molecule has 0 aromatic heterocycles. The summed E-state index contributed by atoms with van der Waals surface area (Å²) in [5, 5.41) is 34.2. The number of piperidine rings is 1. The van der Waals surface area contributed by atoms with Gasteiger partial charge in [-0.2, -0.15) is 0 Å². The number of ether oxygens (including phenoxy) is 3. The van der Waals surface area contributed by atoms with Gasteiger partial charge in [-0.1, -0.05) is 34.6 Å². The Hall–Kier alpha value is -0.810. The fourth-order valence-electron chi connectivity index (χ4n) is 14.8. The van der Waals surface area contributed by atoms with Gasteiger partial charge < -0.3 is 39.3 Å². The predicted octanol–water partition coefficient (Wildman–Crippen LogP) is 4.84. The number of morpholine rings is 1. The normalized spacial score (nSPS) is 51.1. The van der Waals surface area contributed by atoms with Crippen molar-refractivity contribution >= 4 is 5.91 Å². The molecular formula is C41H68N2O7. The van der Waals surface area contributed by atoms with E-state index in [1.165, 1.54) is 12.8 Å². The molecule has 8 rings (SSSR count). The number of aliphatic hydroxyl groups excluding tert-OH is 2. The van der Waals surface area contributed by atoms with Crippen LogP contribution < -0.4 is 0 Å². The number of fused-ring (bicyclic) bond motifs is 4. The molecule has 3 aliphatic heterocycles. The predicted molar refractivity (Wildman–Crippen MR) is 190 cm³/mol. The summed E-state index contributed by atoms with van der Waals surface area (Å²) in [6.45, 7) is 19.0. The molecule has 1 amide bonds. The Morgan fingerprint density at radius 2 is 1.64 bits per heavy atom. The summed E-state index contributed by atoms with van der Waals surface area (Å²) in [5.41, 5.74) is -1.06. The van der Waals surface area contributed by atoms with Crippen LogP contribution in [0.15, 0.2) is 0 Å². The number of rotatable bonds is 5. The van der Waals surface area contributed by atoms with E-state index >= 15 is 0 Å². The first kappa shape index (κ1) is 36.2. The van der Waals surface area contributed by atoms with E-state index in [4.69, 9.17) is 14.2 Å². The lowest BCUT2D eigenvalue weighted by molar-refractivity contribution is -0.248. The maximum Gasteiger partial charge on any atom is 0.226 e. The molecule has 5 saturated carbocycles. The number of likely N-dealkylation sites (tertiary alicyclic amines) is 1. The van der Waals surface area contributed by atoms with Crippen molar-refractivity contribution < 1.29 is 34.3 Å². The molecule has 14 atom stereocenters. The highest BCUT2D eigenvalue weighted by atomic mass is 16.7. The lowest BCUT2D eigenvalue weighted by atomic mass is 9.41. The summed E-state index contributed by atoms with van der Waals surface area (Å²) in [4.78, 5) is 17.8. The Bertz CT molecular complexity index is 1330. The molecule has 3 N–H and O–H groups in total. The van der Waals surface area contributed by atoms with Gasteiger partial charge in [-0.15, -0.1) is 0 Å². The summed E-state index contributed by atoms with van der Waals surface area (Å²) < 4.78 is 19.8. The van der Waals surface area contributed by atoms with Gasteiger partial charge in [0.25, 0.3) is 0 Å². The van der Waals surface area contributed by atoms with Gasteiger partial charge in [0.2, 0.25) is 5.91 Å². The molecule has 50 heavy (non-hydrogen) atoms. The van der Waals surface area contributed by atoms with Gasteiger partial charge in [-0.3, -0.25) is 4.79 Å². The second-order valence-electron chi connectivity index (χ2n) is 20.4. The third kappa shape index (κ3) is 4.91. The molecule has 5 aliphatic carbocycles. The van der Waals surface area contributed by atoms with Crippen molar-refractivity contribution in [2.24, 2.45) is 56.7 Å². The van der Waals surface area contributed by atoms with Crippen molar-refractivity contribution in [3.63, 3.8) is 0 Å². The van der Waals surface area contributed by atoms with Gasteiger partial charge in [0.1, 0.15) is 6.10 Å². The summed E-state index contributed by atoms with van der Waals surface area (Å²) in [7, 11) is 2.14. The molecule has 284 valence electrons. The average Bonchev–Trinajstić information content (AvgIpc) is 3.70. The number of aliphatic hydroxyl groups is 3. The highest BCUT2D eigenvalue weighted by Gasteiger charge is 2.84. The van der Waals surface area contributed by atoms with Crippen LogP contribution in [-0.2, 0) is 19.0 Å². The number of hydrogen-bond donors (Lipinski definition) is 3. The van der Waals surface area contributed by atoms with Gasteiger partial charge in [-0.25, -0.2) is 0 Å². The highest BCUT2D eigenvalue weighted by molar-refractivity contribution is 5.79. The van der Waals surface area contributed by atoms with Gasteiger partial charge in [0.15, 0.2) is 6.29 Å². The molecule has 3 saturated heterocycles. The second-order valence-corrected chi connectivity index (χ2v) is 20.4. The highest BCUT2D eigenvalue weighted by Crippen LogP contribution is 2.89. The molecule has 0 bridgehead atoms. The minimum absolute atomic E-state index is 0.0155. The van der Waals surface area contributed by atoms with E-state index in [1.807, 2.05) is 4.90 Å². The Kier molecular flexibility index (Phi) is 8.57. The first-order chi connectivity index (χ1) is 23.4. The largest absolute Gasteiger partial charge is 0.390 e. The maximum absolute atomic E-state index is 13.5. The number of amides is 1. The van der Waals surface area contributed by atoms with Crippen molar-refractivity contribution in [2.75, 3.05) is 39.8 Å². The van der Waals surface area contributed by atoms with Crippen molar-refractivity contribution in [1.82, 2.24) is 9.80 Å². The second kappa shape index (κ2) is 11.8. The van der Waals surface area contributed by atoms with Crippen LogP contribution in [0.4, 0.5) is 0 Å². The standard InChI is InChI=1S/C41H68N2O7/c1-24-21-26(33(44)37(4,5)47)49-32-31(24)38(6)15-16-41-23-40(41)14-11-29(36(2,3)27(40)9-10-28(41)39(38,7)34(32)45)50-30-22-43(19-20-48-30)35(46)25-12-17-42(8)18-13-25/h24-34,44-45,47H,9-23H2,1-8H3/t24-,26?,27+,28?,29?,30?,31?,32?,33?,34+,38?,39-,40?,41?/m1/s1. The van der Waals surface area contributed by atoms with E-state index in [-0.39, 0.29) is 63.3 Å². The smallest absolute Gasteiger partial charge is 0.226 e. The molecule has 0 aromatic carbocycles. The zero-order chi connectivity index (χ0) is 35.8. The van der Waals surface area contributed by atoms with Gasteiger partial charge in [0.05, 0.1) is 43.2 Å². The van der Waals surface area contributed by atoms with Gasteiger partial charge in [0, 0.05) is 17.9 Å². The van der Waals surface area contributed by atoms with Crippen LogP contribution >= 0.6 is 0 Å². The van der Waals surface area contributed by atoms with E-state index in [1.54, 1.807) is 13.8 Å². The summed E-state index contributed by atoms with van der Waals surface area (Å²) in [5.74, 6) is 1.92. The van der Waals surface area contributed by atoms with E-state index < -0.39 is 23.9 Å². The molecular weight excluding hydrogens is 632 g/mol. The fourth-order valence-corrected chi connectivity index (χ4v) is 14.8. The van der Waals surface area contributed by atoms with Crippen molar-refractivity contribution in [1.29, 1.82) is 0 Å². The molecule has 9 nitrogen and oxygen atoms in total. The fraction of sp³-hybridized carbons (Fsp3) is 0.976. The van der Waals surface area contributed by atoms with E-state index in [0.717, 1.165) is 58.0 Å². The number of nitrogens with zero attached hydrogens (tertiary/aromatic N) is 2. The van der Waals surface area contributed by atoms with E-state index in [0.29, 0.717) is 43.9 Å². The SMILES string of the molecule is C[C@@H]1CC(C(O)C(C)(C)O)OC2C1C1(C)CCC34CC35CCC(OC3CN(C(=O)C6CCN(C)CC6)CCO3)C(C)(C)[C@@H]5CCC4[C@]1(C)[C@H]2O. The van der Waals surface area contributed by atoms with Crippen LogP contribution in [0.5, 0.6) is 0 Å². The minimum atomic E-state index is -1.26. The minimum Gasteiger partial charge on any atom is -0.390 e. The van der Waals surface area contributed by atoms with E-state index in [2.05, 4.69) is 46.6 Å². The molecule has 10 unspecified atom stereocenters. The van der Waals surface area contributed by atoms with E-state index in [9.17, 15) is 20.1 Å². The third-order valence-corrected chi connectivity index (χ3v) is 17.6. The lowest BCUT2D eigenvalue weighted by Gasteiger charge is -2.64. The quantitative estimate of drug-likeness (QED) is 0.374. The average molecular weight is 701 g/mol. The lowest BCUT2D eigenvalue weighted by Crippen LogP contribution is -2.60. The van der Waals surface area contributed by atoms with Crippen molar-refractivity contribution in [2.45, 2.75) is 155 Å². The first-order valence-corrected chi connectivity index (χ1v) is 20.4. The number of hydrogen-bond acceptors (Lipinski definition) is 8. The monoisotopic (exact) mass is 701 g/mol. The van der Waals surface area contributed by atoms with Gasteiger partial charge >= 0.3 is 0 Å². The summed E-state index contributed by atoms with van der Waals surface area (Å²) in [6.07, 6.45) is 7.96.